The van der Waals surface area contributed by atoms with E-state index in [-0.39, 0.29) is 6.04 Å². The molecule has 1 aliphatic heterocycles. The van der Waals surface area contributed by atoms with Gasteiger partial charge < -0.3 is 14.8 Å². The lowest BCUT2D eigenvalue weighted by Crippen LogP contribution is -2.17. The zero-order valence-electron chi connectivity index (χ0n) is 11.2. The predicted molar refractivity (Wildman–Crippen MR) is 82.0 cm³/mol. The van der Waals surface area contributed by atoms with Crippen molar-refractivity contribution in [1.29, 1.82) is 0 Å². The van der Waals surface area contributed by atoms with Gasteiger partial charge in [-0.3, -0.25) is 0 Å². The second-order valence-corrected chi connectivity index (χ2v) is 5.76. The van der Waals surface area contributed by atoms with E-state index in [1.54, 1.807) is 0 Å². The number of hydrogen-bond donors (Lipinski definition) is 1. The number of rotatable bonds is 4. The van der Waals surface area contributed by atoms with Crippen LogP contribution in [0.2, 0.25) is 0 Å². The van der Waals surface area contributed by atoms with Crippen LogP contribution in [0.25, 0.3) is 0 Å². The van der Waals surface area contributed by atoms with Crippen molar-refractivity contribution >= 4 is 15.9 Å². The Morgan fingerprint density at radius 1 is 1.10 bits per heavy atom. The normalized spacial score (nSPS) is 14.3. The van der Waals surface area contributed by atoms with Crippen molar-refractivity contribution in [3.8, 4) is 11.5 Å². The average molecular weight is 334 g/mol. The molecule has 3 rings (SSSR count). The number of nitrogens with one attached hydrogen (secondary N) is 1. The summed E-state index contributed by atoms with van der Waals surface area (Å²) < 4.78 is 11.8. The molecule has 104 valence electrons. The van der Waals surface area contributed by atoms with Crippen LogP contribution in [0.15, 0.2) is 46.9 Å². The quantitative estimate of drug-likeness (QED) is 0.916. The first kappa shape index (κ1) is 13.5. The smallest absolute Gasteiger partial charge is 0.231 e. The summed E-state index contributed by atoms with van der Waals surface area (Å²) in [5.74, 6) is 1.66. The Balaban J connectivity index is 1.64. The molecule has 0 aliphatic carbocycles. The van der Waals surface area contributed by atoms with Crippen molar-refractivity contribution in [2.24, 2.45) is 0 Å². The fraction of sp³-hybridized carbons (Fsp3) is 0.250. The highest BCUT2D eigenvalue weighted by atomic mass is 79.9. The van der Waals surface area contributed by atoms with Crippen molar-refractivity contribution < 1.29 is 9.47 Å². The highest BCUT2D eigenvalue weighted by molar-refractivity contribution is 9.10. The van der Waals surface area contributed by atoms with Crippen LogP contribution in [0.5, 0.6) is 11.5 Å². The van der Waals surface area contributed by atoms with E-state index in [0.717, 1.165) is 22.5 Å². The first-order valence-corrected chi connectivity index (χ1v) is 7.39. The Kier molecular flexibility index (Phi) is 3.94. The van der Waals surface area contributed by atoms with Gasteiger partial charge in [-0.05, 0) is 42.3 Å². The summed E-state index contributed by atoms with van der Waals surface area (Å²) in [5, 5.41) is 3.51. The number of fused-ring (bicyclic) bond motifs is 1. The molecule has 4 heteroatoms. The van der Waals surface area contributed by atoms with Gasteiger partial charge in [0.15, 0.2) is 11.5 Å². The highest BCUT2D eigenvalue weighted by Crippen LogP contribution is 2.34. The van der Waals surface area contributed by atoms with Crippen molar-refractivity contribution in [2.75, 3.05) is 6.79 Å². The monoisotopic (exact) mass is 333 g/mol. The van der Waals surface area contributed by atoms with Crippen molar-refractivity contribution in [1.82, 2.24) is 5.32 Å². The van der Waals surface area contributed by atoms with Crippen LogP contribution in [-0.2, 0) is 6.54 Å². The largest absolute Gasteiger partial charge is 0.454 e. The molecule has 0 saturated carbocycles. The first-order chi connectivity index (χ1) is 9.72. The molecule has 1 heterocycles. The zero-order valence-corrected chi connectivity index (χ0v) is 12.8. The summed E-state index contributed by atoms with van der Waals surface area (Å²) in [6.07, 6.45) is 0. The van der Waals surface area contributed by atoms with E-state index in [2.05, 4.69) is 58.5 Å². The molecule has 0 amide bonds. The highest BCUT2D eigenvalue weighted by Gasteiger charge is 2.15. The average Bonchev–Trinajstić information content (AvgIpc) is 2.93. The molecule has 0 saturated heterocycles. The minimum atomic E-state index is 0.258. The van der Waals surface area contributed by atoms with Gasteiger partial charge in [0.2, 0.25) is 6.79 Å². The van der Waals surface area contributed by atoms with Crippen LogP contribution >= 0.6 is 15.9 Å². The van der Waals surface area contributed by atoms with Gasteiger partial charge in [0.1, 0.15) is 0 Å². The lowest BCUT2D eigenvalue weighted by Gasteiger charge is -2.15. The molecule has 0 radical (unpaired) electrons. The van der Waals surface area contributed by atoms with Crippen molar-refractivity contribution in [3.63, 3.8) is 0 Å². The molecule has 2 aromatic rings. The molecule has 3 nitrogen and oxygen atoms in total. The minimum Gasteiger partial charge on any atom is -0.454 e. The standard InChI is InChI=1S/C16H16BrNO2/c1-11(18-9-12-2-5-14(17)6-3-12)13-4-7-15-16(8-13)20-10-19-15/h2-8,11,18H,9-10H2,1H3. The molecular weight excluding hydrogens is 318 g/mol. The molecular formula is C16H16BrNO2. The third kappa shape index (κ3) is 2.97. The van der Waals surface area contributed by atoms with Crippen LogP contribution in [0, 0.1) is 0 Å². The Hall–Kier alpha value is -1.52. The van der Waals surface area contributed by atoms with Crippen molar-refractivity contribution in [2.45, 2.75) is 19.5 Å². The first-order valence-electron chi connectivity index (χ1n) is 6.60. The molecule has 0 bridgehead atoms. The topological polar surface area (TPSA) is 30.5 Å². The molecule has 20 heavy (non-hydrogen) atoms. The second-order valence-electron chi connectivity index (χ2n) is 4.84. The molecule has 2 aromatic carbocycles. The lowest BCUT2D eigenvalue weighted by atomic mass is 10.1. The molecule has 1 unspecified atom stereocenters. The van der Waals surface area contributed by atoms with Gasteiger partial charge in [-0.1, -0.05) is 34.1 Å². The summed E-state index contributed by atoms with van der Waals surface area (Å²) in [6, 6.07) is 14.7. The summed E-state index contributed by atoms with van der Waals surface area (Å²) in [7, 11) is 0. The van der Waals surface area contributed by atoms with E-state index in [1.807, 2.05) is 12.1 Å². The maximum Gasteiger partial charge on any atom is 0.231 e. The Labute approximate surface area is 127 Å². The van der Waals surface area contributed by atoms with E-state index >= 15 is 0 Å². The predicted octanol–water partition coefficient (Wildman–Crippen LogP) is 4.03. The van der Waals surface area contributed by atoms with Gasteiger partial charge in [0.25, 0.3) is 0 Å². The van der Waals surface area contributed by atoms with E-state index in [4.69, 9.17) is 9.47 Å². The molecule has 1 atom stereocenters. The molecule has 0 fully saturated rings. The minimum absolute atomic E-state index is 0.258. The molecule has 1 aliphatic rings. The van der Waals surface area contributed by atoms with Crippen LogP contribution in [0.4, 0.5) is 0 Å². The van der Waals surface area contributed by atoms with E-state index < -0.39 is 0 Å². The number of halogens is 1. The maximum atomic E-state index is 5.41. The van der Waals surface area contributed by atoms with Crippen LogP contribution < -0.4 is 14.8 Å². The zero-order chi connectivity index (χ0) is 13.9. The molecule has 1 N–H and O–H groups in total. The maximum absolute atomic E-state index is 5.41. The van der Waals surface area contributed by atoms with Gasteiger partial charge in [-0.15, -0.1) is 0 Å². The van der Waals surface area contributed by atoms with E-state index in [0.29, 0.717) is 6.79 Å². The van der Waals surface area contributed by atoms with Gasteiger partial charge >= 0.3 is 0 Å². The summed E-state index contributed by atoms with van der Waals surface area (Å²) >= 11 is 3.44. The fourth-order valence-electron chi connectivity index (χ4n) is 2.17. The van der Waals surface area contributed by atoms with Gasteiger partial charge in [0.05, 0.1) is 0 Å². The molecule has 0 aromatic heterocycles. The van der Waals surface area contributed by atoms with Crippen LogP contribution in [-0.4, -0.2) is 6.79 Å². The number of hydrogen-bond acceptors (Lipinski definition) is 3. The second kappa shape index (κ2) is 5.85. The summed E-state index contributed by atoms with van der Waals surface area (Å²) in [6.45, 7) is 3.30. The Morgan fingerprint density at radius 3 is 2.65 bits per heavy atom. The van der Waals surface area contributed by atoms with E-state index in [1.165, 1.54) is 11.1 Å². The fourth-order valence-corrected chi connectivity index (χ4v) is 2.44. The van der Waals surface area contributed by atoms with E-state index in [9.17, 15) is 0 Å². The van der Waals surface area contributed by atoms with Crippen molar-refractivity contribution in [3.05, 3.63) is 58.1 Å². The third-order valence-electron chi connectivity index (χ3n) is 3.42. The third-order valence-corrected chi connectivity index (χ3v) is 3.95. The SMILES string of the molecule is CC(NCc1ccc(Br)cc1)c1ccc2c(c1)OCO2. The summed E-state index contributed by atoms with van der Waals surface area (Å²) in [5.41, 5.74) is 2.46. The Bertz CT molecular complexity index is 598. The molecule has 0 spiro atoms. The van der Waals surface area contributed by atoms with Crippen LogP contribution in [0.3, 0.4) is 0 Å². The number of ether oxygens (including phenoxy) is 2. The van der Waals surface area contributed by atoms with Gasteiger partial charge in [0, 0.05) is 17.1 Å². The van der Waals surface area contributed by atoms with Crippen LogP contribution in [0.1, 0.15) is 24.1 Å². The van der Waals surface area contributed by atoms with Gasteiger partial charge in [-0.2, -0.15) is 0 Å². The number of benzene rings is 2. The van der Waals surface area contributed by atoms with Gasteiger partial charge in [-0.25, -0.2) is 0 Å². The Morgan fingerprint density at radius 2 is 1.85 bits per heavy atom. The lowest BCUT2D eigenvalue weighted by molar-refractivity contribution is 0.174. The summed E-state index contributed by atoms with van der Waals surface area (Å²) in [4.78, 5) is 0.